The van der Waals surface area contributed by atoms with E-state index in [0.29, 0.717) is 0 Å². The van der Waals surface area contributed by atoms with Crippen molar-refractivity contribution in [3.8, 4) is 16.4 Å². The first-order valence-electron chi connectivity index (χ1n) is 8.42. The van der Waals surface area contributed by atoms with E-state index >= 15 is 0 Å². The van der Waals surface area contributed by atoms with E-state index in [0.717, 1.165) is 34.2 Å². The molecule has 0 bridgehead atoms. The Morgan fingerprint density at radius 1 is 1.16 bits per heavy atom. The number of carbonyl (C=O) groups excluding carboxylic acids is 1. The maximum absolute atomic E-state index is 13.1. The smallest absolute Gasteiger partial charge is 0.435 e. The molecule has 0 saturated carbocycles. The molecular formula is C17H13F3N4O5S2. The van der Waals surface area contributed by atoms with E-state index in [-0.39, 0.29) is 21.3 Å². The highest BCUT2D eigenvalue weighted by atomic mass is 32.2. The van der Waals surface area contributed by atoms with E-state index in [1.54, 1.807) is 10.1 Å². The van der Waals surface area contributed by atoms with Crippen LogP contribution in [0, 0.1) is 0 Å². The average molecular weight is 474 g/mol. The van der Waals surface area contributed by atoms with Gasteiger partial charge in [-0.15, -0.1) is 11.3 Å². The van der Waals surface area contributed by atoms with Crippen LogP contribution >= 0.6 is 11.3 Å². The van der Waals surface area contributed by atoms with Crippen LogP contribution in [0.25, 0.3) is 16.4 Å². The van der Waals surface area contributed by atoms with Crippen LogP contribution in [0.5, 0.6) is 0 Å². The standard InChI is InChI=1S/C17H13F3N4O5S2/c18-17(19,20)13-9-12(16-21-7-8-30-16)24(22-13)10-1-3-11(4-2-10)31(28,29)23-14(25)5-6-15(26)27/h1-4,7-9H,5-6H2,(H,23,25)(H,26,27). The predicted octanol–water partition coefficient (Wildman–Crippen LogP) is 2.68. The lowest BCUT2D eigenvalue weighted by molar-refractivity contribution is -0.141. The van der Waals surface area contributed by atoms with Gasteiger partial charge in [-0.25, -0.2) is 22.8 Å². The second-order valence-corrected chi connectivity index (χ2v) is 8.65. The van der Waals surface area contributed by atoms with E-state index in [9.17, 15) is 31.2 Å². The number of aliphatic carboxylic acids is 1. The number of halogens is 3. The van der Waals surface area contributed by atoms with E-state index in [1.807, 2.05) is 0 Å². The van der Waals surface area contributed by atoms with Crippen molar-refractivity contribution in [3.63, 3.8) is 0 Å². The number of aromatic nitrogens is 3. The Kier molecular flexibility index (Phi) is 6.13. The van der Waals surface area contributed by atoms with Crippen LogP contribution in [0.2, 0.25) is 0 Å². The Balaban J connectivity index is 1.90. The summed E-state index contributed by atoms with van der Waals surface area (Å²) in [6, 6.07) is 5.46. The summed E-state index contributed by atoms with van der Waals surface area (Å²) in [5.74, 6) is -2.26. The topological polar surface area (TPSA) is 131 Å². The van der Waals surface area contributed by atoms with Gasteiger partial charge in [0, 0.05) is 18.0 Å². The van der Waals surface area contributed by atoms with Crippen molar-refractivity contribution in [1.29, 1.82) is 0 Å². The lowest BCUT2D eigenvalue weighted by atomic mass is 10.3. The van der Waals surface area contributed by atoms with Crippen LogP contribution in [0.4, 0.5) is 13.2 Å². The number of carboxylic acid groups (broad SMARTS) is 1. The Morgan fingerprint density at radius 2 is 1.84 bits per heavy atom. The zero-order chi connectivity index (χ0) is 22.8. The number of sulfonamides is 1. The molecule has 3 aromatic rings. The molecule has 0 aliphatic heterocycles. The quantitative estimate of drug-likeness (QED) is 0.538. The molecule has 2 N–H and O–H groups in total. The fourth-order valence-electron chi connectivity index (χ4n) is 2.47. The molecule has 0 aliphatic rings. The van der Waals surface area contributed by atoms with Crippen molar-refractivity contribution < 1.29 is 36.3 Å². The number of carbonyl (C=O) groups is 2. The minimum Gasteiger partial charge on any atom is -0.481 e. The molecule has 0 atom stereocenters. The number of hydrogen-bond acceptors (Lipinski definition) is 7. The summed E-state index contributed by atoms with van der Waals surface area (Å²) in [5, 5.41) is 14.0. The Bertz CT molecular complexity index is 1200. The van der Waals surface area contributed by atoms with E-state index in [2.05, 4.69) is 10.1 Å². The molecule has 2 heterocycles. The fraction of sp³-hybridized carbons (Fsp3) is 0.176. The monoisotopic (exact) mass is 474 g/mol. The molecule has 0 radical (unpaired) electrons. The highest BCUT2D eigenvalue weighted by Crippen LogP contribution is 2.33. The van der Waals surface area contributed by atoms with Crippen LogP contribution in [0.3, 0.4) is 0 Å². The number of carboxylic acids is 1. The van der Waals surface area contributed by atoms with Crippen molar-refractivity contribution in [2.45, 2.75) is 23.9 Å². The van der Waals surface area contributed by atoms with E-state index in [4.69, 9.17) is 5.11 Å². The first kappa shape index (κ1) is 22.4. The second kappa shape index (κ2) is 8.47. The average Bonchev–Trinajstić information content (AvgIpc) is 3.35. The minimum atomic E-state index is -4.69. The van der Waals surface area contributed by atoms with Gasteiger partial charge in [0.2, 0.25) is 5.91 Å². The predicted molar refractivity (Wildman–Crippen MR) is 102 cm³/mol. The van der Waals surface area contributed by atoms with Crippen LogP contribution in [-0.4, -0.2) is 40.2 Å². The Labute approximate surface area is 177 Å². The number of nitrogens with zero attached hydrogens (tertiary/aromatic N) is 3. The number of nitrogens with one attached hydrogen (secondary N) is 1. The first-order valence-corrected chi connectivity index (χ1v) is 10.8. The number of rotatable bonds is 7. The molecule has 1 amide bonds. The van der Waals surface area contributed by atoms with Gasteiger partial charge in [0.1, 0.15) is 10.7 Å². The van der Waals surface area contributed by atoms with Crippen molar-refractivity contribution in [3.05, 3.63) is 47.6 Å². The zero-order valence-electron chi connectivity index (χ0n) is 15.3. The van der Waals surface area contributed by atoms with Gasteiger partial charge >= 0.3 is 12.1 Å². The lowest BCUT2D eigenvalue weighted by Gasteiger charge is -2.09. The van der Waals surface area contributed by atoms with Crippen molar-refractivity contribution in [2.75, 3.05) is 0 Å². The largest absolute Gasteiger partial charge is 0.481 e. The maximum Gasteiger partial charge on any atom is 0.435 e. The highest BCUT2D eigenvalue weighted by Gasteiger charge is 2.35. The summed E-state index contributed by atoms with van der Waals surface area (Å²) < 4.78 is 66.7. The zero-order valence-corrected chi connectivity index (χ0v) is 17.0. The van der Waals surface area contributed by atoms with Crippen LogP contribution in [-0.2, 0) is 25.8 Å². The van der Waals surface area contributed by atoms with Gasteiger partial charge < -0.3 is 5.11 Å². The number of benzene rings is 1. The molecule has 0 unspecified atom stereocenters. The molecule has 9 nitrogen and oxygen atoms in total. The van der Waals surface area contributed by atoms with Gasteiger partial charge in [-0.3, -0.25) is 9.59 Å². The molecule has 2 aromatic heterocycles. The number of alkyl halides is 3. The minimum absolute atomic E-state index is 0.0694. The van der Waals surface area contributed by atoms with Crippen molar-refractivity contribution >= 4 is 33.2 Å². The number of hydrogen-bond donors (Lipinski definition) is 2. The third-order valence-corrected chi connectivity index (χ3v) is 6.04. The molecule has 0 saturated heterocycles. The number of amides is 1. The highest BCUT2D eigenvalue weighted by molar-refractivity contribution is 7.90. The maximum atomic E-state index is 13.1. The van der Waals surface area contributed by atoms with Gasteiger partial charge in [0.05, 0.1) is 17.0 Å². The second-order valence-electron chi connectivity index (χ2n) is 6.08. The molecule has 31 heavy (non-hydrogen) atoms. The summed E-state index contributed by atoms with van der Waals surface area (Å²) in [5.41, 5.74) is -0.933. The normalized spacial score (nSPS) is 12.0. The van der Waals surface area contributed by atoms with Crippen LogP contribution in [0.1, 0.15) is 18.5 Å². The molecule has 0 fully saturated rings. The van der Waals surface area contributed by atoms with Crippen LogP contribution in [0.15, 0.2) is 46.8 Å². The fourth-order valence-corrected chi connectivity index (χ4v) is 4.12. The van der Waals surface area contributed by atoms with Gasteiger partial charge in [0.25, 0.3) is 10.0 Å². The molecule has 1 aromatic carbocycles. The summed E-state index contributed by atoms with van der Waals surface area (Å²) in [7, 11) is -4.29. The molecule has 164 valence electrons. The van der Waals surface area contributed by atoms with Crippen LogP contribution < -0.4 is 4.72 Å². The molecule has 0 spiro atoms. The molecule has 0 aliphatic carbocycles. The summed E-state index contributed by atoms with van der Waals surface area (Å²) in [6.45, 7) is 0. The van der Waals surface area contributed by atoms with Gasteiger partial charge in [0.15, 0.2) is 5.69 Å². The summed E-state index contributed by atoms with van der Waals surface area (Å²) in [4.78, 5) is 25.8. The van der Waals surface area contributed by atoms with Gasteiger partial charge in [-0.05, 0) is 30.3 Å². The SMILES string of the molecule is O=C(O)CCC(=O)NS(=O)(=O)c1ccc(-n2nc(C(F)(F)F)cc2-c2nccs2)cc1. The first-order chi connectivity index (χ1) is 14.5. The van der Waals surface area contributed by atoms with Crippen molar-refractivity contribution in [1.82, 2.24) is 19.5 Å². The number of thiazole rings is 1. The molecular weight excluding hydrogens is 461 g/mol. The Hall–Kier alpha value is -3.26. The third-order valence-electron chi connectivity index (χ3n) is 3.86. The van der Waals surface area contributed by atoms with Gasteiger partial charge in [-0.1, -0.05) is 0 Å². The molecule has 3 rings (SSSR count). The summed E-state index contributed by atoms with van der Waals surface area (Å²) in [6.07, 6.45) is -4.34. The van der Waals surface area contributed by atoms with Gasteiger partial charge in [-0.2, -0.15) is 18.3 Å². The lowest BCUT2D eigenvalue weighted by Crippen LogP contribution is -2.30. The van der Waals surface area contributed by atoms with E-state index in [1.165, 1.54) is 18.3 Å². The van der Waals surface area contributed by atoms with E-state index < -0.39 is 46.6 Å². The summed E-state index contributed by atoms with van der Waals surface area (Å²) >= 11 is 1.11. The molecule has 14 heteroatoms. The van der Waals surface area contributed by atoms with Crippen molar-refractivity contribution in [2.24, 2.45) is 0 Å². The third kappa shape index (κ3) is 5.27. The Morgan fingerprint density at radius 3 is 2.39 bits per heavy atom.